The Morgan fingerprint density at radius 3 is 1.98 bits per heavy atom. The SMILES string of the molecule is Cc1ccc(NC(=O)c2ccnc(C(C)(F)F)c2)cc1B1OC(C)(C)C(C)(CC2CN3c4cc(-c5cc(NC(=O)c6ccnc(C(C)(F)F)c6)ccc5C)ccc4CC(C(=O)O)C3CO2)O1. The molecule has 2 aromatic heterocycles. The number of hydrogen-bond acceptors (Lipinski definition) is 9. The number of nitrogens with zero attached hydrogens (tertiary/aromatic N) is 3. The smallest absolute Gasteiger partial charge is 0.481 e. The molecule has 3 aliphatic rings. The number of hydrogen-bond donors (Lipinski definition) is 3. The number of ether oxygens (including phenoxy) is 1. The number of nitrogens with one attached hydrogen (secondary N) is 2. The fourth-order valence-corrected chi connectivity index (χ4v) is 8.93. The number of anilines is 3. The Balaban J connectivity index is 1.01. The van der Waals surface area contributed by atoms with Gasteiger partial charge in [0.05, 0.1) is 35.9 Å². The van der Waals surface area contributed by atoms with Crippen molar-refractivity contribution in [2.75, 3.05) is 28.7 Å². The Labute approximate surface area is 380 Å². The number of rotatable bonds is 11. The monoisotopic (exact) mass is 907 g/mol. The highest BCUT2D eigenvalue weighted by Crippen LogP contribution is 2.45. The number of carboxylic acid groups (broad SMARTS) is 1. The van der Waals surface area contributed by atoms with Crippen LogP contribution < -0.4 is 21.0 Å². The highest BCUT2D eigenvalue weighted by Gasteiger charge is 2.56. The van der Waals surface area contributed by atoms with E-state index in [1.165, 1.54) is 24.5 Å². The Morgan fingerprint density at radius 1 is 0.803 bits per heavy atom. The van der Waals surface area contributed by atoms with Crippen LogP contribution in [0.3, 0.4) is 0 Å². The van der Waals surface area contributed by atoms with Gasteiger partial charge in [-0.3, -0.25) is 24.4 Å². The van der Waals surface area contributed by atoms with E-state index in [0.29, 0.717) is 36.2 Å². The molecule has 0 aliphatic carbocycles. The van der Waals surface area contributed by atoms with Crippen molar-refractivity contribution >= 4 is 47.4 Å². The van der Waals surface area contributed by atoms with Crippen LogP contribution in [0.1, 0.15) is 89.8 Å². The molecule has 4 atom stereocenters. The molecule has 3 aromatic carbocycles. The minimum atomic E-state index is -3.22. The zero-order chi connectivity index (χ0) is 47.5. The number of carbonyl (C=O) groups excluding carboxylic acids is 2. The number of pyridine rings is 2. The third-order valence-electron chi connectivity index (χ3n) is 13.1. The molecule has 17 heteroatoms. The quantitative estimate of drug-likeness (QED) is 0.0868. The van der Waals surface area contributed by atoms with Gasteiger partial charge in [-0.1, -0.05) is 29.8 Å². The molecule has 5 aromatic rings. The van der Waals surface area contributed by atoms with Crippen LogP contribution in [0, 0.1) is 19.8 Å². The van der Waals surface area contributed by atoms with Crippen LogP contribution in [0.2, 0.25) is 0 Å². The summed E-state index contributed by atoms with van der Waals surface area (Å²) in [4.78, 5) is 48.6. The second-order valence-electron chi connectivity index (χ2n) is 18.3. The lowest BCUT2D eigenvalue weighted by Gasteiger charge is -2.49. The second kappa shape index (κ2) is 17.2. The van der Waals surface area contributed by atoms with Crippen LogP contribution in [0.4, 0.5) is 34.6 Å². The Bertz CT molecular complexity index is 2730. The summed E-state index contributed by atoms with van der Waals surface area (Å²) in [6.45, 7) is 11.6. The first-order valence-electron chi connectivity index (χ1n) is 21.6. The number of carboxylic acids is 1. The maximum Gasteiger partial charge on any atom is 0.495 e. The standard InChI is InChI=1S/C49H50BF4N5O7/c1-27-8-12-33(57-43(60)31-14-16-55-41(20-31)48(6,51)52)22-36(27)29-10-11-30-18-37(45(62)63)40-26-64-35(25-59(40)39(30)19-29)24-47(5)46(3,4)65-50(66-47)38-23-34(13-9-28(38)2)58-44(61)32-15-17-56-42(21-32)49(7,53)54/h8-17,19-23,35,37,40H,18,24-26H2,1-7H3,(H,57,60)(H,58,61)(H,62,63). The molecule has 3 N–H and O–H groups in total. The topological polar surface area (TPSA) is 152 Å². The highest BCUT2D eigenvalue weighted by molar-refractivity contribution is 6.62. The molecule has 0 radical (unpaired) electrons. The summed E-state index contributed by atoms with van der Waals surface area (Å²) in [7, 11) is -0.841. The Kier molecular flexibility index (Phi) is 12.1. The van der Waals surface area contributed by atoms with Crippen molar-refractivity contribution in [3.8, 4) is 11.1 Å². The molecule has 3 aliphatic heterocycles. The van der Waals surface area contributed by atoms with Crippen LogP contribution in [0.5, 0.6) is 0 Å². The van der Waals surface area contributed by atoms with Gasteiger partial charge in [0.2, 0.25) is 0 Å². The molecule has 0 spiro atoms. The van der Waals surface area contributed by atoms with E-state index in [-0.39, 0.29) is 17.7 Å². The summed E-state index contributed by atoms with van der Waals surface area (Å²) in [6, 6.07) is 21.0. The van der Waals surface area contributed by atoms with Crippen molar-refractivity contribution in [3.63, 3.8) is 0 Å². The van der Waals surface area contributed by atoms with Gasteiger partial charge in [0.1, 0.15) is 11.4 Å². The molecule has 2 saturated heterocycles. The number of halogens is 4. The van der Waals surface area contributed by atoms with Crippen LogP contribution in [0.15, 0.2) is 91.3 Å². The van der Waals surface area contributed by atoms with Crippen molar-refractivity contribution in [2.45, 2.75) is 96.5 Å². The predicted molar refractivity (Wildman–Crippen MR) is 242 cm³/mol. The number of fused-ring (bicyclic) bond motifs is 3. The van der Waals surface area contributed by atoms with Gasteiger partial charge in [0.15, 0.2) is 0 Å². The summed E-state index contributed by atoms with van der Waals surface area (Å²) in [6.07, 6.45) is 2.62. The fourth-order valence-electron chi connectivity index (χ4n) is 8.93. The molecule has 8 rings (SSSR count). The molecule has 5 heterocycles. The summed E-state index contributed by atoms with van der Waals surface area (Å²) in [5, 5.41) is 16.0. The number of aromatic nitrogens is 2. The van der Waals surface area contributed by atoms with Gasteiger partial charge < -0.3 is 34.7 Å². The lowest BCUT2D eigenvalue weighted by atomic mass is 9.76. The molecular formula is C49H50BF4N5O7. The van der Waals surface area contributed by atoms with Crippen molar-refractivity contribution in [2.24, 2.45) is 5.92 Å². The fraction of sp³-hybridized carbons (Fsp3) is 0.367. The maximum atomic E-state index is 14.0. The van der Waals surface area contributed by atoms with Crippen LogP contribution in [0.25, 0.3) is 11.1 Å². The average Bonchev–Trinajstić information content (AvgIpc) is 3.50. The summed E-state index contributed by atoms with van der Waals surface area (Å²) >= 11 is 0. The van der Waals surface area contributed by atoms with Gasteiger partial charge >= 0.3 is 13.1 Å². The van der Waals surface area contributed by atoms with Gasteiger partial charge in [0, 0.05) is 67.4 Å². The first-order valence-corrected chi connectivity index (χ1v) is 21.6. The molecule has 2 amide bonds. The summed E-state index contributed by atoms with van der Waals surface area (Å²) < 4.78 is 75.8. The predicted octanol–water partition coefficient (Wildman–Crippen LogP) is 8.69. The highest BCUT2D eigenvalue weighted by atomic mass is 19.3. The Morgan fingerprint density at radius 2 is 1.39 bits per heavy atom. The van der Waals surface area contributed by atoms with E-state index in [0.717, 1.165) is 59.5 Å². The van der Waals surface area contributed by atoms with Crippen molar-refractivity contribution < 1.29 is 51.1 Å². The minimum absolute atomic E-state index is 0.0281. The van der Waals surface area contributed by atoms with E-state index in [2.05, 4.69) is 25.5 Å². The van der Waals surface area contributed by atoms with E-state index >= 15 is 0 Å². The number of alkyl halides is 4. The number of carbonyl (C=O) groups is 3. The third-order valence-corrected chi connectivity index (χ3v) is 13.1. The lowest BCUT2D eigenvalue weighted by molar-refractivity contribution is -0.145. The van der Waals surface area contributed by atoms with E-state index in [1.54, 1.807) is 18.2 Å². The maximum absolute atomic E-state index is 14.0. The first-order chi connectivity index (χ1) is 31.0. The van der Waals surface area contributed by atoms with Gasteiger partial charge in [-0.05, 0) is 123 Å². The molecule has 344 valence electrons. The number of morpholine rings is 1. The molecule has 66 heavy (non-hydrogen) atoms. The third kappa shape index (κ3) is 9.29. The van der Waals surface area contributed by atoms with Crippen LogP contribution >= 0.6 is 0 Å². The van der Waals surface area contributed by atoms with Crippen LogP contribution in [-0.2, 0) is 37.1 Å². The average molecular weight is 908 g/mol. The second-order valence-corrected chi connectivity index (χ2v) is 18.3. The lowest BCUT2D eigenvalue weighted by Crippen LogP contribution is -2.59. The zero-order valence-corrected chi connectivity index (χ0v) is 37.5. The van der Waals surface area contributed by atoms with E-state index in [9.17, 15) is 37.1 Å². The summed E-state index contributed by atoms with van der Waals surface area (Å²) in [5.41, 5.74) is 3.95. The summed E-state index contributed by atoms with van der Waals surface area (Å²) in [5.74, 6) is -9.23. The molecular weight excluding hydrogens is 857 g/mol. The number of aryl methyl sites for hydroxylation is 2. The number of aliphatic carboxylic acids is 1. The van der Waals surface area contributed by atoms with Gasteiger partial charge in [0.25, 0.3) is 23.7 Å². The largest absolute Gasteiger partial charge is 0.495 e. The Hall–Kier alpha value is -6.17. The number of amides is 2. The zero-order valence-electron chi connectivity index (χ0n) is 37.5. The van der Waals surface area contributed by atoms with Crippen molar-refractivity contribution in [3.05, 3.63) is 130 Å². The van der Waals surface area contributed by atoms with E-state index < -0.39 is 77.4 Å². The minimum Gasteiger partial charge on any atom is -0.481 e. The van der Waals surface area contributed by atoms with E-state index in [1.807, 2.05) is 71.0 Å². The molecule has 4 unspecified atom stereocenters. The van der Waals surface area contributed by atoms with Gasteiger partial charge in [-0.15, -0.1) is 0 Å². The van der Waals surface area contributed by atoms with Crippen molar-refractivity contribution in [1.29, 1.82) is 0 Å². The number of benzene rings is 3. The van der Waals surface area contributed by atoms with Crippen molar-refractivity contribution in [1.82, 2.24) is 9.97 Å². The van der Waals surface area contributed by atoms with Gasteiger partial charge in [-0.25, -0.2) is 0 Å². The molecule has 12 nitrogen and oxygen atoms in total. The van der Waals surface area contributed by atoms with Crippen LogP contribution in [-0.4, -0.2) is 76.5 Å². The normalized spacial score (nSPS) is 21.5. The first kappa shape index (κ1) is 46.4. The molecule has 2 fully saturated rings. The molecule has 0 saturated carbocycles. The van der Waals surface area contributed by atoms with E-state index in [4.69, 9.17) is 14.0 Å². The van der Waals surface area contributed by atoms with Gasteiger partial charge in [-0.2, -0.15) is 17.6 Å². The molecule has 0 bridgehead atoms.